The molecule has 7 nitrogen and oxygen atoms in total. The molecule has 1 aromatic heterocycles. The third-order valence-corrected chi connectivity index (χ3v) is 2.76. The van der Waals surface area contributed by atoms with E-state index in [0.717, 1.165) is 0 Å². The van der Waals surface area contributed by atoms with E-state index in [1.807, 2.05) is 0 Å². The number of aromatic nitrogens is 3. The van der Waals surface area contributed by atoms with E-state index in [1.165, 1.54) is 0 Å². The molecule has 0 aliphatic carbocycles. The SMILES string of the molecule is CCO.Nc1nnc(-c2cccc(Cl)c2Cl)c(N)n1.O. The first-order valence-electron chi connectivity index (χ1n) is 5.32. The molecule has 0 fully saturated rings. The summed E-state index contributed by atoms with van der Waals surface area (Å²) in [5, 5.41) is 15.8. The number of benzene rings is 1. The number of nitrogens with two attached hydrogens (primary N) is 2. The zero-order valence-corrected chi connectivity index (χ0v) is 12.2. The molecule has 7 N–H and O–H groups in total. The van der Waals surface area contributed by atoms with Crippen LogP contribution in [0.2, 0.25) is 10.0 Å². The molecule has 0 radical (unpaired) electrons. The molecule has 1 aromatic carbocycles. The molecule has 0 bridgehead atoms. The minimum Gasteiger partial charge on any atom is -0.412 e. The Hall–Kier alpha value is -1.67. The number of aliphatic hydroxyl groups is 1. The monoisotopic (exact) mass is 319 g/mol. The van der Waals surface area contributed by atoms with Crippen LogP contribution in [0.1, 0.15) is 6.92 Å². The number of hydrogen-bond acceptors (Lipinski definition) is 6. The summed E-state index contributed by atoms with van der Waals surface area (Å²) in [6.45, 7) is 1.93. The summed E-state index contributed by atoms with van der Waals surface area (Å²) < 4.78 is 0. The Kier molecular flexibility index (Phi) is 7.78. The lowest BCUT2D eigenvalue weighted by Gasteiger charge is -2.06. The molecule has 1 heterocycles. The molecule has 0 saturated heterocycles. The van der Waals surface area contributed by atoms with Gasteiger partial charge in [0.2, 0.25) is 5.95 Å². The lowest BCUT2D eigenvalue weighted by Crippen LogP contribution is -2.04. The third-order valence-electron chi connectivity index (χ3n) is 1.94. The van der Waals surface area contributed by atoms with Crippen molar-refractivity contribution >= 4 is 35.0 Å². The fourth-order valence-electron chi connectivity index (χ4n) is 1.23. The van der Waals surface area contributed by atoms with Gasteiger partial charge in [0.05, 0.1) is 10.0 Å². The van der Waals surface area contributed by atoms with Crippen LogP contribution in [0.25, 0.3) is 11.3 Å². The molecule has 0 saturated carbocycles. The second kappa shape index (κ2) is 8.49. The molecule has 0 aliphatic rings. The Morgan fingerprint density at radius 2 is 1.80 bits per heavy atom. The van der Waals surface area contributed by atoms with E-state index in [-0.39, 0.29) is 23.8 Å². The van der Waals surface area contributed by atoms with Gasteiger partial charge in [-0.05, 0) is 13.0 Å². The van der Waals surface area contributed by atoms with Crippen LogP contribution in [0.5, 0.6) is 0 Å². The van der Waals surface area contributed by atoms with Crippen molar-refractivity contribution in [2.24, 2.45) is 0 Å². The van der Waals surface area contributed by atoms with Crippen LogP contribution in [-0.2, 0) is 0 Å². The van der Waals surface area contributed by atoms with E-state index in [0.29, 0.717) is 21.3 Å². The topological polar surface area (TPSA) is 142 Å². The highest BCUT2D eigenvalue weighted by atomic mass is 35.5. The van der Waals surface area contributed by atoms with Crippen LogP contribution in [0.4, 0.5) is 11.8 Å². The second-order valence-electron chi connectivity index (χ2n) is 3.32. The molecule has 9 heteroatoms. The zero-order chi connectivity index (χ0) is 14.4. The van der Waals surface area contributed by atoms with Crippen molar-refractivity contribution in [3.8, 4) is 11.3 Å². The Balaban J connectivity index is 0.000000830. The van der Waals surface area contributed by atoms with Crippen LogP contribution < -0.4 is 11.5 Å². The first-order chi connectivity index (χ1) is 9.01. The zero-order valence-electron chi connectivity index (χ0n) is 10.6. The van der Waals surface area contributed by atoms with Gasteiger partial charge in [0.1, 0.15) is 5.69 Å². The lowest BCUT2D eigenvalue weighted by atomic mass is 10.1. The predicted octanol–water partition coefficient (Wildman–Crippen LogP) is 1.18. The summed E-state index contributed by atoms with van der Waals surface area (Å²) >= 11 is 11.9. The highest BCUT2D eigenvalue weighted by molar-refractivity contribution is 6.43. The van der Waals surface area contributed by atoms with E-state index in [4.69, 9.17) is 39.8 Å². The largest absolute Gasteiger partial charge is 0.412 e. The van der Waals surface area contributed by atoms with E-state index in [9.17, 15) is 0 Å². The maximum Gasteiger partial charge on any atom is 0.242 e. The third kappa shape index (κ3) is 4.46. The number of hydrogen-bond donors (Lipinski definition) is 3. The molecule has 2 aromatic rings. The molecular formula is C11H15Cl2N5O2. The second-order valence-corrected chi connectivity index (χ2v) is 4.11. The van der Waals surface area contributed by atoms with Gasteiger partial charge in [-0.2, -0.15) is 4.98 Å². The normalized spacial score (nSPS) is 9.20. The number of halogens is 2. The van der Waals surface area contributed by atoms with Crippen molar-refractivity contribution in [1.29, 1.82) is 0 Å². The predicted molar refractivity (Wildman–Crippen MR) is 80.5 cm³/mol. The quantitative estimate of drug-likeness (QED) is 0.720. The van der Waals surface area contributed by atoms with Gasteiger partial charge in [0.25, 0.3) is 0 Å². The van der Waals surface area contributed by atoms with Crippen molar-refractivity contribution in [2.75, 3.05) is 18.1 Å². The van der Waals surface area contributed by atoms with Crippen molar-refractivity contribution < 1.29 is 10.6 Å². The highest BCUT2D eigenvalue weighted by Gasteiger charge is 2.12. The van der Waals surface area contributed by atoms with Crippen LogP contribution >= 0.6 is 23.2 Å². The van der Waals surface area contributed by atoms with E-state index in [2.05, 4.69) is 15.2 Å². The van der Waals surface area contributed by atoms with Gasteiger partial charge in [-0.1, -0.05) is 35.3 Å². The van der Waals surface area contributed by atoms with Gasteiger partial charge in [0, 0.05) is 12.2 Å². The average molecular weight is 320 g/mol. The Morgan fingerprint density at radius 1 is 1.20 bits per heavy atom. The summed E-state index contributed by atoms with van der Waals surface area (Å²) in [7, 11) is 0. The maximum atomic E-state index is 7.57. The standard InChI is InChI=1S/C9H7Cl2N5.C2H6O.H2O/c10-5-3-1-2-4(6(5)11)7-8(12)14-9(13)16-15-7;1-2-3;/h1-3H,(H4,12,13,14,16);3H,2H2,1H3;1H2. The average Bonchev–Trinajstić information content (AvgIpc) is 2.34. The first kappa shape index (κ1) is 18.3. The first-order valence-corrected chi connectivity index (χ1v) is 6.07. The summed E-state index contributed by atoms with van der Waals surface area (Å²) in [6.07, 6.45) is 0. The fourth-order valence-corrected chi connectivity index (χ4v) is 1.62. The minimum atomic E-state index is 0. The highest BCUT2D eigenvalue weighted by Crippen LogP contribution is 2.33. The van der Waals surface area contributed by atoms with Crippen molar-refractivity contribution in [2.45, 2.75) is 6.92 Å². The van der Waals surface area contributed by atoms with Gasteiger partial charge in [-0.25, -0.2) is 0 Å². The summed E-state index contributed by atoms with van der Waals surface area (Å²) in [5.41, 5.74) is 12.0. The number of rotatable bonds is 1. The van der Waals surface area contributed by atoms with Crippen molar-refractivity contribution in [3.63, 3.8) is 0 Å². The number of anilines is 2. The Labute approximate surface area is 125 Å². The molecule has 0 unspecified atom stereocenters. The molecule has 0 aliphatic heterocycles. The molecule has 0 atom stereocenters. The van der Waals surface area contributed by atoms with E-state index >= 15 is 0 Å². The van der Waals surface area contributed by atoms with Gasteiger partial charge in [0.15, 0.2) is 5.82 Å². The molecule has 110 valence electrons. The molecule has 2 rings (SSSR count). The van der Waals surface area contributed by atoms with E-state index in [1.54, 1.807) is 25.1 Å². The van der Waals surface area contributed by atoms with Crippen LogP contribution in [0.15, 0.2) is 18.2 Å². The smallest absolute Gasteiger partial charge is 0.242 e. The number of aliphatic hydroxyl groups excluding tert-OH is 1. The summed E-state index contributed by atoms with van der Waals surface area (Å²) in [6, 6.07) is 5.13. The molecule has 20 heavy (non-hydrogen) atoms. The maximum absolute atomic E-state index is 7.57. The van der Waals surface area contributed by atoms with E-state index < -0.39 is 0 Å². The fraction of sp³-hybridized carbons (Fsp3) is 0.182. The minimum absolute atomic E-state index is 0. The number of nitrogen functional groups attached to an aromatic ring is 2. The van der Waals surface area contributed by atoms with Crippen LogP contribution in [-0.4, -0.2) is 32.4 Å². The van der Waals surface area contributed by atoms with Crippen LogP contribution in [0.3, 0.4) is 0 Å². The van der Waals surface area contributed by atoms with Gasteiger partial charge >= 0.3 is 0 Å². The van der Waals surface area contributed by atoms with Crippen molar-refractivity contribution in [1.82, 2.24) is 15.2 Å². The Bertz CT molecular complexity index is 569. The lowest BCUT2D eigenvalue weighted by molar-refractivity contribution is 0.318. The summed E-state index contributed by atoms with van der Waals surface area (Å²) in [5.74, 6) is 0.177. The number of nitrogens with zero attached hydrogens (tertiary/aromatic N) is 3. The van der Waals surface area contributed by atoms with Crippen LogP contribution in [0, 0.1) is 0 Å². The molecule has 0 spiro atoms. The molecular weight excluding hydrogens is 305 g/mol. The van der Waals surface area contributed by atoms with Gasteiger partial charge in [-0.3, -0.25) is 0 Å². The Morgan fingerprint density at radius 3 is 2.35 bits per heavy atom. The van der Waals surface area contributed by atoms with Crippen molar-refractivity contribution in [3.05, 3.63) is 28.2 Å². The van der Waals surface area contributed by atoms with Gasteiger partial charge < -0.3 is 22.1 Å². The van der Waals surface area contributed by atoms with Gasteiger partial charge in [-0.15, -0.1) is 10.2 Å². The summed E-state index contributed by atoms with van der Waals surface area (Å²) in [4.78, 5) is 3.80. The molecule has 0 amide bonds.